The Morgan fingerprint density at radius 1 is 0.737 bits per heavy atom. The molecule has 0 N–H and O–H groups in total. The molecular weight excluding hydrogens is 460 g/mol. The Morgan fingerprint density at radius 2 is 1.32 bits per heavy atom. The summed E-state index contributed by atoms with van der Waals surface area (Å²) in [5, 5.41) is 0. The van der Waals surface area contributed by atoms with Crippen molar-refractivity contribution in [3.8, 4) is 0 Å². The van der Waals surface area contributed by atoms with Gasteiger partial charge >= 0.3 is 0 Å². The zero-order chi connectivity index (χ0) is 27.6. The zero-order valence-corrected chi connectivity index (χ0v) is 25.2. The standard InChI is InChI=1S/C34H46O.C3H8/c1-4-6-7-8-9-10-15-33(35)26-29-13-11-12-14-30(25-20-29)34(31-21-16-27(3)17-22-31)32-23-18-28(5-2)19-24-32;1-3-2/h13-14,16-19,21-24,34H,4-12,15,20,25-26H2,1-3H3;3H2,1-2H3/b29-13+,30-14+;. The summed E-state index contributed by atoms with van der Waals surface area (Å²) in [6, 6.07) is 18.3. The van der Waals surface area contributed by atoms with Crippen molar-refractivity contribution < 1.29 is 4.79 Å². The van der Waals surface area contributed by atoms with E-state index in [0.29, 0.717) is 18.1 Å². The first-order valence-electron chi connectivity index (χ1n) is 15.6. The van der Waals surface area contributed by atoms with Gasteiger partial charge in [0.2, 0.25) is 0 Å². The van der Waals surface area contributed by atoms with E-state index in [1.807, 2.05) is 0 Å². The van der Waals surface area contributed by atoms with Gasteiger partial charge in [0.05, 0.1) is 0 Å². The van der Waals surface area contributed by atoms with E-state index < -0.39 is 0 Å². The number of rotatable bonds is 13. The van der Waals surface area contributed by atoms with Crippen molar-refractivity contribution in [1.82, 2.24) is 0 Å². The molecule has 208 valence electrons. The molecule has 0 radical (unpaired) electrons. The second-order valence-corrected chi connectivity index (χ2v) is 11.1. The molecule has 1 aliphatic rings. The third-order valence-corrected chi connectivity index (χ3v) is 7.48. The summed E-state index contributed by atoms with van der Waals surface area (Å²) in [6.07, 6.45) is 20.1. The maximum Gasteiger partial charge on any atom is 0.136 e. The van der Waals surface area contributed by atoms with E-state index >= 15 is 0 Å². The highest BCUT2D eigenvalue weighted by molar-refractivity contribution is 5.80. The molecule has 1 aliphatic carbocycles. The molecule has 0 saturated heterocycles. The van der Waals surface area contributed by atoms with Crippen molar-refractivity contribution in [2.75, 3.05) is 0 Å². The van der Waals surface area contributed by atoms with E-state index in [-0.39, 0.29) is 0 Å². The van der Waals surface area contributed by atoms with Crippen LogP contribution in [0.4, 0.5) is 0 Å². The first kappa shape index (κ1) is 31.8. The van der Waals surface area contributed by atoms with E-state index in [9.17, 15) is 4.79 Å². The van der Waals surface area contributed by atoms with Crippen LogP contribution in [0.5, 0.6) is 0 Å². The quantitative estimate of drug-likeness (QED) is 0.192. The van der Waals surface area contributed by atoms with E-state index in [2.05, 4.69) is 95.3 Å². The van der Waals surface area contributed by atoms with E-state index in [0.717, 1.165) is 44.9 Å². The van der Waals surface area contributed by atoms with Gasteiger partial charge in [0.25, 0.3) is 0 Å². The molecule has 0 amide bonds. The van der Waals surface area contributed by atoms with Crippen molar-refractivity contribution in [3.63, 3.8) is 0 Å². The summed E-state index contributed by atoms with van der Waals surface area (Å²) in [5.74, 6) is 0.725. The Balaban J connectivity index is 0.00000161. The second-order valence-electron chi connectivity index (χ2n) is 11.1. The van der Waals surface area contributed by atoms with E-state index in [1.54, 1.807) is 0 Å². The highest BCUT2D eigenvalue weighted by Crippen LogP contribution is 2.37. The lowest BCUT2D eigenvalue weighted by atomic mass is 9.80. The largest absolute Gasteiger partial charge is 0.299 e. The summed E-state index contributed by atoms with van der Waals surface area (Å²) in [6.45, 7) is 10.9. The van der Waals surface area contributed by atoms with Gasteiger partial charge in [-0.05, 0) is 62.1 Å². The number of Topliss-reactive ketones (excluding diaryl/α,β-unsaturated/α-hetero) is 1. The molecule has 0 heterocycles. The molecule has 1 unspecified atom stereocenters. The van der Waals surface area contributed by atoms with Gasteiger partial charge in [-0.2, -0.15) is 0 Å². The Bertz CT molecular complexity index is 974. The molecule has 38 heavy (non-hydrogen) atoms. The third-order valence-electron chi connectivity index (χ3n) is 7.48. The van der Waals surface area contributed by atoms with Crippen LogP contribution in [0.15, 0.2) is 71.8 Å². The molecule has 0 spiro atoms. The topological polar surface area (TPSA) is 17.1 Å². The van der Waals surface area contributed by atoms with Crippen LogP contribution >= 0.6 is 0 Å². The number of carbonyl (C=O) groups excluding carboxylic acids is 1. The third kappa shape index (κ3) is 11.5. The normalized spacial score (nSPS) is 17.1. The summed E-state index contributed by atoms with van der Waals surface area (Å²) in [7, 11) is 0. The second kappa shape index (κ2) is 18.8. The SMILES string of the molecule is CCC.CCCCCCCCC(=O)C/C1=C/CC/C=C(/C(c2ccc(C)cc2)c2ccc(CC)cc2)CC1. The summed E-state index contributed by atoms with van der Waals surface area (Å²) in [5.41, 5.74) is 8.30. The molecular formula is C37H54O. The number of hydrogen-bond acceptors (Lipinski definition) is 1. The smallest absolute Gasteiger partial charge is 0.136 e. The summed E-state index contributed by atoms with van der Waals surface area (Å²) < 4.78 is 0. The lowest BCUT2D eigenvalue weighted by Gasteiger charge is -2.24. The molecule has 2 aromatic rings. The number of aryl methyl sites for hydroxylation is 2. The molecule has 0 saturated carbocycles. The number of unbranched alkanes of at least 4 members (excludes halogenated alkanes) is 5. The Labute approximate surface area is 234 Å². The molecule has 0 bridgehead atoms. The van der Waals surface area contributed by atoms with Gasteiger partial charge in [0.1, 0.15) is 5.78 Å². The van der Waals surface area contributed by atoms with Crippen molar-refractivity contribution in [3.05, 3.63) is 94.1 Å². The van der Waals surface area contributed by atoms with Crippen LogP contribution in [0.25, 0.3) is 0 Å². The fourth-order valence-electron chi connectivity index (χ4n) is 5.26. The van der Waals surface area contributed by atoms with Crippen molar-refractivity contribution >= 4 is 5.78 Å². The number of ketones is 1. The van der Waals surface area contributed by atoms with Gasteiger partial charge < -0.3 is 0 Å². The predicted molar refractivity (Wildman–Crippen MR) is 167 cm³/mol. The Hall–Kier alpha value is -2.41. The van der Waals surface area contributed by atoms with Crippen molar-refractivity contribution in [2.24, 2.45) is 0 Å². The minimum atomic E-state index is 0.291. The number of allylic oxidation sites excluding steroid dienone is 4. The van der Waals surface area contributed by atoms with Gasteiger partial charge in [-0.25, -0.2) is 0 Å². The molecule has 2 aromatic carbocycles. The molecule has 0 fully saturated rings. The van der Waals surface area contributed by atoms with E-state index in [4.69, 9.17) is 0 Å². The van der Waals surface area contributed by atoms with Gasteiger partial charge in [0, 0.05) is 18.8 Å². The maximum atomic E-state index is 12.7. The van der Waals surface area contributed by atoms with Crippen LogP contribution in [0.1, 0.15) is 139 Å². The van der Waals surface area contributed by atoms with Crippen LogP contribution in [-0.2, 0) is 11.2 Å². The Kier molecular flexibility index (Phi) is 15.7. The monoisotopic (exact) mass is 514 g/mol. The number of benzene rings is 2. The lowest BCUT2D eigenvalue weighted by molar-refractivity contribution is -0.118. The van der Waals surface area contributed by atoms with Gasteiger partial charge in [-0.3, -0.25) is 4.79 Å². The lowest BCUT2D eigenvalue weighted by Crippen LogP contribution is -2.08. The van der Waals surface area contributed by atoms with Crippen LogP contribution in [0, 0.1) is 6.92 Å². The number of carbonyl (C=O) groups is 1. The van der Waals surface area contributed by atoms with Gasteiger partial charge in [0.15, 0.2) is 0 Å². The van der Waals surface area contributed by atoms with Gasteiger partial charge in [-0.15, -0.1) is 0 Å². The number of hydrogen-bond donors (Lipinski definition) is 0. The first-order valence-corrected chi connectivity index (χ1v) is 15.6. The average molecular weight is 515 g/mol. The highest BCUT2D eigenvalue weighted by Gasteiger charge is 2.20. The highest BCUT2D eigenvalue weighted by atomic mass is 16.1. The van der Waals surface area contributed by atoms with Crippen LogP contribution in [0.3, 0.4) is 0 Å². The van der Waals surface area contributed by atoms with Crippen molar-refractivity contribution in [1.29, 1.82) is 0 Å². The molecule has 1 nitrogen and oxygen atoms in total. The Morgan fingerprint density at radius 3 is 1.95 bits per heavy atom. The van der Waals surface area contributed by atoms with Gasteiger partial charge in [-0.1, -0.05) is 144 Å². The molecule has 1 atom stereocenters. The first-order chi connectivity index (χ1) is 18.5. The fraction of sp³-hybridized carbons (Fsp3) is 0.541. The summed E-state index contributed by atoms with van der Waals surface area (Å²) in [4.78, 5) is 12.7. The molecule has 0 aliphatic heterocycles. The maximum absolute atomic E-state index is 12.7. The van der Waals surface area contributed by atoms with Crippen LogP contribution in [0.2, 0.25) is 0 Å². The van der Waals surface area contributed by atoms with Crippen LogP contribution in [-0.4, -0.2) is 5.78 Å². The van der Waals surface area contributed by atoms with Crippen molar-refractivity contribution in [2.45, 2.75) is 130 Å². The molecule has 3 rings (SSSR count). The fourth-order valence-corrected chi connectivity index (χ4v) is 5.26. The average Bonchev–Trinajstić information content (AvgIpc) is 2.91. The summed E-state index contributed by atoms with van der Waals surface area (Å²) >= 11 is 0. The van der Waals surface area contributed by atoms with E-state index in [1.165, 1.54) is 71.9 Å². The predicted octanol–water partition coefficient (Wildman–Crippen LogP) is 11.2. The minimum absolute atomic E-state index is 0.291. The zero-order valence-electron chi connectivity index (χ0n) is 25.2. The molecule has 0 aromatic heterocycles. The molecule has 1 heteroatoms. The van der Waals surface area contributed by atoms with Crippen LogP contribution < -0.4 is 0 Å². The minimum Gasteiger partial charge on any atom is -0.299 e.